The molecule has 0 bridgehead atoms. The number of amides is 2. The van der Waals surface area contributed by atoms with Crippen molar-refractivity contribution in [3.63, 3.8) is 0 Å². The van der Waals surface area contributed by atoms with E-state index in [-0.39, 0.29) is 18.6 Å². The largest absolute Gasteiger partial charge is 0.481 e. The molecular weight excluding hydrogens is 454 g/mol. The average Bonchev–Trinajstić information content (AvgIpc) is 2.82. The normalized spacial score (nSPS) is 14.2. The summed E-state index contributed by atoms with van der Waals surface area (Å²) in [6, 6.07) is 13.0. The molecule has 1 aliphatic rings. The topological polar surface area (TPSA) is 85.8 Å². The Morgan fingerprint density at radius 1 is 1.14 bits per heavy atom. The third kappa shape index (κ3) is 7.71. The van der Waals surface area contributed by atoms with E-state index in [0.29, 0.717) is 12.1 Å². The van der Waals surface area contributed by atoms with E-state index in [4.69, 9.17) is 9.90 Å². The summed E-state index contributed by atoms with van der Waals surface area (Å²) in [6.07, 6.45) is 3.38. The van der Waals surface area contributed by atoms with Crippen molar-refractivity contribution in [1.82, 2.24) is 20.1 Å². The number of urea groups is 1. The van der Waals surface area contributed by atoms with Gasteiger partial charge >= 0.3 is 6.03 Å². The van der Waals surface area contributed by atoms with E-state index < -0.39 is 17.6 Å². The van der Waals surface area contributed by atoms with E-state index in [1.54, 1.807) is 11.1 Å². The number of carboxylic acid groups (broad SMARTS) is 1. The SMILES string of the molecule is CC(=O)O.CN1CCC(N(Cc2ccc(F)cc2F)C(=O)NCc2ccc3ncccc3c2)CC1. The highest BCUT2D eigenvalue weighted by atomic mass is 19.1. The Bertz CT molecular complexity index is 1160. The summed E-state index contributed by atoms with van der Waals surface area (Å²) >= 11 is 0. The number of carbonyl (C=O) groups is 2. The number of hydrogen-bond donors (Lipinski definition) is 2. The predicted molar refractivity (Wildman–Crippen MR) is 130 cm³/mol. The van der Waals surface area contributed by atoms with E-state index in [2.05, 4.69) is 22.2 Å². The van der Waals surface area contributed by atoms with Crippen LogP contribution in [0.5, 0.6) is 0 Å². The minimum Gasteiger partial charge on any atom is -0.481 e. The summed E-state index contributed by atoms with van der Waals surface area (Å²) in [4.78, 5) is 30.4. The number of fused-ring (bicyclic) bond motifs is 1. The third-order valence-electron chi connectivity index (χ3n) is 5.86. The van der Waals surface area contributed by atoms with Gasteiger partial charge in [0, 0.05) is 42.7 Å². The van der Waals surface area contributed by atoms with E-state index in [0.717, 1.165) is 55.4 Å². The molecule has 186 valence electrons. The van der Waals surface area contributed by atoms with Crippen LogP contribution < -0.4 is 5.32 Å². The molecule has 9 heteroatoms. The smallest absolute Gasteiger partial charge is 0.318 e. The Labute approximate surface area is 203 Å². The minimum atomic E-state index is -0.833. The number of hydrogen-bond acceptors (Lipinski definition) is 4. The Morgan fingerprint density at radius 3 is 2.54 bits per heavy atom. The number of likely N-dealkylation sites (tertiary alicyclic amines) is 1. The van der Waals surface area contributed by atoms with Gasteiger partial charge in [-0.05, 0) is 62.8 Å². The lowest BCUT2D eigenvalue weighted by Gasteiger charge is -2.37. The van der Waals surface area contributed by atoms with Gasteiger partial charge in [-0.25, -0.2) is 13.6 Å². The maximum Gasteiger partial charge on any atom is 0.318 e. The molecule has 4 rings (SSSR count). The van der Waals surface area contributed by atoms with Crippen molar-refractivity contribution < 1.29 is 23.5 Å². The lowest BCUT2D eigenvalue weighted by atomic mass is 10.0. The lowest BCUT2D eigenvalue weighted by molar-refractivity contribution is -0.134. The number of halogens is 2. The number of benzene rings is 2. The molecule has 2 N–H and O–H groups in total. The van der Waals surface area contributed by atoms with Gasteiger partial charge in [-0.1, -0.05) is 18.2 Å². The van der Waals surface area contributed by atoms with Crippen LogP contribution in [-0.2, 0) is 17.9 Å². The van der Waals surface area contributed by atoms with Crippen LogP contribution in [0, 0.1) is 11.6 Å². The molecule has 2 amide bonds. The first-order valence-electron chi connectivity index (χ1n) is 11.4. The molecule has 0 radical (unpaired) electrons. The average molecular weight is 485 g/mol. The number of carboxylic acids is 1. The quantitative estimate of drug-likeness (QED) is 0.560. The maximum absolute atomic E-state index is 14.3. The Kier molecular flexibility index (Phi) is 9.08. The molecule has 2 aromatic carbocycles. The number of aliphatic carboxylic acids is 1. The molecule has 7 nitrogen and oxygen atoms in total. The Morgan fingerprint density at radius 2 is 1.86 bits per heavy atom. The standard InChI is InChI=1S/C24H26F2N4O.C2H4O2/c1-29-11-8-21(9-12-29)30(16-19-5-6-20(25)14-22(19)26)24(31)28-15-17-4-7-23-18(13-17)3-2-10-27-23;1-2(3)4/h2-7,10,13-14,21H,8-9,11-12,15-16H2,1H3,(H,28,31);1H3,(H,3,4). The summed E-state index contributed by atoms with van der Waals surface area (Å²) in [6.45, 7) is 3.29. The van der Waals surface area contributed by atoms with Gasteiger partial charge in [-0.3, -0.25) is 9.78 Å². The Hall–Kier alpha value is -3.59. The summed E-state index contributed by atoms with van der Waals surface area (Å²) < 4.78 is 27.6. The van der Waals surface area contributed by atoms with E-state index in [1.807, 2.05) is 30.3 Å². The molecular formula is C26H30F2N4O3. The van der Waals surface area contributed by atoms with Crippen LogP contribution in [0.4, 0.5) is 13.6 Å². The summed E-state index contributed by atoms with van der Waals surface area (Å²) in [5, 5.41) is 11.4. The van der Waals surface area contributed by atoms with Gasteiger partial charge in [0.25, 0.3) is 5.97 Å². The Balaban J connectivity index is 0.000000795. The summed E-state index contributed by atoms with van der Waals surface area (Å²) in [5.41, 5.74) is 2.18. The number of piperidine rings is 1. The first-order valence-corrected chi connectivity index (χ1v) is 11.4. The fourth-order valence-corrected chi connectivity index (χ4v) is 4.02. The van der Waals surface area contributed by atoms with Crippen LogP contribution in [0.15, 0.2) is 54.7 Å². The van der Waals surface area contributed by atoms with Crippen molar-refractivity contribution in [1.29, 1.82) is 0 Å². The van der Waals surface area contributed by atoms with Crippen LogP contribution in [-0.4, -0.2) is 58.1 Å². The molecule has 1 aromatic heterocycles. The number of carbonyl (C=O) groups excluding carboxylic acids is 1. The second kappa shape index (κ2) is 12.2. The number of aromatic nitrogens is 1. The number of pyridine rings is 1. The molecule has 1 saturated heterocycles. The van der Waals surface area contributed by atoms with Gasteiger partial charge in [-0.2, -0.15) is 0 Å². The van der Waals surface area contributed by atoms with Crippen LogP contribution in [0.2, 0.25) is 0 Å². The number of nitrogens with zero attached hydrogens (tertiary/aromatic N) is 3. The van der Waals surface area contributed by atoms with Crippen molar-refractivity contribution in [2.75, 3.05) is 20.1 Å². The molecule has 0 aliphatic carbocycles. The third-order valence-corrected chi connectivity index (χ3v) is 5.86. The zero-order valence-electron chi connectivity index (χ0n) is 19.9. The number of rotatable bonds is 5. The number of nitrogens with one attached hydrogen (secondary N) is 1. The van der Waals surface area contributed by atoms with Crippen LogP contribution in [0.3, 0.4) is 0 Å². The van der Waals surface area contributed by atoms with Crippen LogP contribution in [0.25, 0.3) is 10.9 Å². The van der Waals surface area contributed by atoms with Crippen molar-refractivity contribution in [2.24, 2.45) is 0 Å². The first kappa shape index (κ1) is 26.0. The van der Waals surface area contributed by atoms with Crippen molar-refractivity contribution in [3.8, 4) is 0 Å². The van der Waals surface area contributed by atoms with Crippen molar-refractivity contribution in [2.45, 2.75) is 38.9 Å². The van der Waals surface area contributed by atoms with Gasteiger partial charge in [0.1, 0.15) is 11.6 Å². The minimum absolute atomic E-state index is 0.00135. The highest BCUT2D eigenvalue weighted by molar-refractivity contribution is 5.79. The van der Waals surface area contributed by atoms with Gasteiger partial charge in [0.15, 0.2) is 0 Å². The molecule has 0 unspecified atom stereocenters. The highest BCUT2D eigenvalue weighted by Crippen LogP contribution is 2.21. The fraction of sp³-hybridized carbons (Fsp3) is 0.346. The van der Waals surface area contributed by atoms with Crippen molar-refractivity contribution >= 4 is 22.9 Å². The molecule has 3 aromatic rings. The molecule has 1 fully saturated rings. The monoisotopic (exact) mass is 484 g/mol. The second-order valence-electron chi connectivity index (χ2n) is 8.61. The van der Waals surface area contributed by atoms with Gasteiger partial charge in [0.2, 0.25) is 0 Å². The van der Waals surface area contributed by atoms with E-state index in [9.17, 15) is 13.6 Å². The van der Waals surface area contributed by atoms with Gasteiger partial charge in [-0.15, -0.1) is 0 Å². The first-order chi connectivity index (χ1) is 16.7. The van der Waals surface area contributed by atoms with E-state index in [1.165, 1.54) is 12.1 Å². The predicted octanol–water partition coefficient (Wildman–Crippen LogP) is 4.41. The van der Waals surface area contributed by atoms with Gasteiger partial charge in [0.05, 0.1) is 12.1 Å². The zero-order valence-corrected chi connectivity index (χ0v) is 19.9. The molecule has 0 atom stereocenters. The fourth-order valence-electron chi connectivity index (χ4n) is 4.02. The van der Waals surface area contributed by atoms with E-state index >= 15 is 0 Å². The lowest BCUT2D eigenvalue weighted by Crippen LogP contribution is -2.49. The zero-order chi connectivity index (χ0) is 25.4. The molecule has 35 heavy (non-hydrogen) atoms. The summed E-state index contributed by atoms with van der Waals surface area (Å²) in [7, 11) is 2.05. The molecule has 2 heterocycles. The van der Waals surface area contributed by atoms with Crippen LogP contribution >= 0.6 is 0 Å². The maximum atomic E-state index is 14.3. The highest BCUT2D eigenvalue weighted by Gasteiger charge is 2.27. The molecule has 1 aliphatic heterocycles. The molecule has 0 spiro atoms. The molecule has 0 saturated carbocycles. The van der Waals surface area contributed by atoms with Crippen molar-refractivity contribution in [3.05, 3.63) is 77.5 Å². The summed E-state index contributed by atoms with van der Waals surface area (Å²) in [5.74, 6) is -2.09. The van der Waals surface area contributed by atoms with Gasteiger partial charge < -0.3 is 20.2 Å². The van der Waals surface area contributed by atoms with Crippen LogP contribution in [0.1, 0.15) is 30.9 Å². The second-order valence-corrected chi connectivity index (χ2v) is 8.61.